The predicted molar refractivity (Wildman–Crippen MR) is 91.3 cm³/mol. The van der Waals surface area contributed by atoms with Crippen LogP contribution in [0.3, 0.4) is 0 Å². The van der Waals surface area contributed by atoms with Crippen molar-refractivity contribution in [2.75, 3.05) is 23.9 Å². The highest BCUT2D eigenvalue weighted by Gasteiger charge is 2.58. The standard InChI is InChI=1S/C17H19N3O4S/c1-20(13-6-9-25(23,24)11-13)16(22)17(7-8-17)15(21)19-14-5-3-2-4-12(14)10-18/h2-5,13H,6-9,11H2,1H3,(H,19,21). The van der Waals surface area contributed by atoms with Crippen molar-refractivity contribution in [3.8, 4) is 6.07 Å². The van der Waals surface area contributed by atoms with Crippen molar-refractivity contribution >= 4 is 27.3 Å². The third-order valence-corrected chi connectivity index (χ3v) is 6.72. The maximum Gasteiger partial charge on any atom is 0.240 e. The van der Waals surface area contributed by atoms with Crippen LogP contribution in [0.5, 0.6) is 0 Å². The Morgan fingerprint density at radius 2 is 2.00 bits per heavy atom. The van der Waals surface area contributed by atoms with Crippen LogP contribution in [0.1, 0.15) is 24.8 Å². The minimum atomic E-state index is -3.11. The van der Waals surface area contributed by atoms with E-state index in [2.05, 4.69) is 5.32 Å². The van der Waals surface area contributed by atoms with Crippen LogP contribution in [0, 0.1) is 16.7 Å². The number of nitrogens with one attached hydrogen (secondary N) is 1. The first-order valence-electron chi connectivity index (χ1n) is 8.07. The lowest BCUT2D eigenvalue weighted by Gasteiger charge is -2.27. The summed E-state index contributed by atoms with van der Waals surface area (Å²) in [4.78, 5) is 26.9. The van der Waals surface area contributed by atoms with Crippen molar-refractivity contribution in [3.05, 3.63) is 29.8 Å². The molecule has 1 saturated carbocycles. The smallest absolute Gasteiger partial charge is 0.240 e. The van der Waals surface area contributed by atoms with Gasteiger partial charge in [0.05, 0.1) is 22.8 Å². The Labute approximate surface area is 146 Å². The average Bonchev–Trinajstić information content (AvgIpc) is 3.32. The molecule has 3 rings (SSSR count). The molecule has 0 aromatic heterocycles. The molecule has 2 fully saturated rings. The van der Waals surface area contributed by atoms with E-state index in [1.807, 2.05) is 6.07 Å². The van der Waals surface area contributed by atoms with Gasteiger partial charge in [0.25, 0.3) is 0 Å². The van der Waals surface area contributed by atoms with E-state index in [1.54, 1.807) is 31.3 Å². The predicted octanol–water partition coefficient (Wildman–Crippen LogP) is 0.922. The number of carbonyl (C=O) groups excluding carboxylic acids is 2. The van der Waals surface area contributed by atoms with Crippen LogP contribution in [0.4, 0.5) is 5.69 Å². The molecular formula is C17H19N3O4S. The first-order valence-corrected chi connectivity index (χ1v) is 9.89. The van der Waals surface area contributed by atoms with Crippen LogP contribution in [0.25, 0.3) is 0 Å². The topological polar surface area (TPSA) is 107 Å². The second-order valence-electron chi connectivity index (χ2n) is 6.67. The summed E-state index contributed by atoms with van der Waals surface area (Å²) in [6.45, 7) is 0. The number of nitriles is 1. The number of para-hydroxylation sites is 1. The molecule has 1 saturated heterocycles. The number of rotatable bonds is 4. The van der Waals surface area contributed by atoms with Gasteiger partial charge in [-0.3, -0.25) is 9.59 Å². The Hall–Kier alpha value is -2.40. The number of anilines is 1. The van der Waals surface area contributed by atoms with Crippen LogP contribution in [-0.4, -0.2) is 49.7 Å². The number of amides is 2. The summed E-state index contributed by atoms with van der Waals surface area (Å²) in [7, 11) is -1.55. The van der Waals surface area contributed by atoms with Crippen LogP contribution in [0.15, 0.2) is 24.3 Å². The normalized spacial score (nSPS) is 22.6. The third-order valence-electron chi connectivity index (χ3n) is 4.97. The second-order valence-corrected chi connectivity index (χ2v) is 8.90. The maximum atomic E-state index is 12.8. The largest absolute Gasteiger partial charge is 0.341 e. The number of hydrogen-bond acceptors (Lipinski definition) is 5. The Balaban J connectivity index is 1.74. The fraction of sp³-hybridized carbons (Fsp3) is 0.471. The molecule has 2 amide bonds. The first kappa shape index (κ1) is 17.4. The lowest BCUT2D eigenvalue weighted by atomic mass is 10.0. The van der Waals surface area contributed by atoms with E-state index in [9.17, 15) is 18.0 Å². The van der Waals surface area contributed by atoms with Crippen LogP contribution < -0.4 is 5.32 Å². The zero-order chi connectivity index (χ0) is 18.2. The number of carbonyl (C=O) groups is 2. The summed E-state index contributed by atoms with van der Waals surface area (Å²) >= 11 is 0. The summed E-state index contributed by atoms with van der Waals surface area (Å²) in [5.41, 5.74) is -0.446. The number of hydrogen-bond donors (Lipinski definition) is 1. The molecule has 1 aromatic carbocycles. The van der Waals surface area contributed by atoms with Gasteiger partial charge in [0.15, 0.2) is 9.84 Å². The molecule has 132 valence electrons. The zero-order valence-electron chi connectivity index (χ0n) is 13.9. The van der Waals surface area contributed by atoms with Crippen LogP contribution in [-0.2, 0) is 19.4 Å². The van der Waals surface area contributed by atoms with E-state index in [0.717, 1.165) is 0 Å². The molecule has 1 heterocycles. The summed E-state index contributed by atoms with van der Waals surface area (Å²) in [6, 6.07) is 8.22. The van der Waals surface area contributed by atoms with Gasteiger partial charge in [-0.15, -0.1) is 0 Å². The van der Waals surface area contributed by atoms with E-state index < -0.39 is 21.2 Å². The highest BCUT2D eigenvalue weighted by Crippen LogP contribution is 2.48. The fourth-order valence-electron chi connectivity index (χ4n) is 3.18. The molecule has 1 N–H and O–H groups in total. The summed E-state index contributed by atoms with van der Waals surface area (Å²) < 4.78 is 23.3. The van der Waals surface area contributed by atoms with Gasteiger partial charge in [0.2, 0.25) is 11.8 Å². The molecule has 1 aliphatic carbocycles. The number of sulfone groups is 1. The molecule has 7 nitrogen and oxygen atoms in total. The van der Waals surface area contributed by atoms with E-state index in [0.29, 0.717) is 30.5 Å². The van der Waals surface area contributed by atoms with E-state index in [1.165, 1.54) is 4.90 Å². The maximum absolute atomic E-state index is 12.8. The van der Waals surface area contributed by atoms with E-state index in [-0.39, 0.29) is 23.5 Å². The third kappa shape index (κ3) is 3.24. The number of nitrogens with zero attached hydrogens (tertiary/aromatic N) is 2. The Bertz CT molecular complexity index is 868. The molecule has 1 aliphatic heterocycles. The van der Waals surface area contributed by atoms with Crippen molar-refractivity contribution in [1.29, 1.82) is 5.26 Å². The monoisotopic (exact) mass is 361 g/mol. The molecule has 0 spiro atoms. The van der Waals surface area contributed by atoms with Crippen LogP contribution >= 0.6 is 0 Å². The molecular weight excluding hydrogens is 342 g/mol. The Morgan fingerprint density at radius 1 is 1.32 bits per heavy atom. The molecule has 1 atom stereocenters. The summed E-state index contributed by atoms with van der Waals surface area (Å²) in [5, 5.41) is 11.8. The van der Waals surface area contributed by atoms with Crippen molar-refractivity contribution < 1.29 is 18.0 Å². The van der Waals surface area contributed by atoms with Gasteiger partial charge in [-0.25, -0.2) is 8.42 Å². The van der Waals surface area contributed by atoms with Crippen molar-refractivity contribution in [2.45, 2.75) is 25.3 Å². The van der Waals surface area contributed by atoms with Gasteiger partial charge < -0.3 is 10.2 Å². The first-order chi connectivity index (χ1) is 11.8. The fourth-order valence-corrected chi connectivity index (χ4v) is 4.95. The van der Waals surface area contributed by atoms with Gasteiger partial charge >= 0.3 is 0 Å². The zero-order valence-corrected chi connectivity index (χ0v) is 14.7. The van der Waals surface area contributed by atoms with Crippen molar-refractivity contribution in [2.24, 2.45) is 5.41 Å². The van der Waals surface area contributed by atoms with Gasteiger partial charge in [0.1, 0.15) is 11.5 Å². The van der Waals surface area contributed by atoms with E-state index >= 15 is 0 Å². The highest BCUT2D eigenvalue weighted by molar-refractivity contribution is 7.91. The minimum Gasteiger partial charge on any atom is -0.341 e. The molecule has 25 heavy (non-hydrogen) atoms. The SMILES string of the molecule is CN(C(=O)C1(C(=O)Nc2ccccc2C#N)CC1)C1CCS(=O)(=O)C1. The van der Waals surface area contributed by atoms with E-state index in [4.69, 9.17) is 5.26 Å². The summed E-state index contributed by atoms with van der Waals surface area (Å²) in [5.74, 6) is -0.761. The Morgan fingerprint density at radius 3 is 2.56 bits per heavy atom. The lowest BCUT2D eigenvalue weighted by Crippen LogP contribution is -2.46. The molecule has 8 heteroatoms. The Kier molecular flexibility index (Phi) is 4.29. The van der Waals surface area contributed by atoms with Gasteiger partial charge in [0, 0.05) is 13.1 Å². The molecule has 1 unspecified atom stereocenters. The molecule has 1 aromatic rings. The number of benzene rings is 1. The van der Waals surface area contributed by atoms with Gasteiger partial charge in [-0.1, -0.05) is 12.1 Å². The quantitative estimate of drug-likeness (QED) is 0.803. The average molecular weight is 361 g/mol. The molecule has 0 bridgehead atoms. The van der Waals surface area contributed by atoms with Crippen LogP contribution in [0.2, 0.25) is 0 Å². The lowest BCUT2D eigenvalue weighted by molar-refractivity contribution is -0.142. The van der Waals surface area contributed by atoms with Crippen molar-refractivity contribution in [3.63, 3.8) is 0 Å². The van der Waals surface area contributed by atoms with Gasteiger partial charge in [-0.05, 0) is 31.4 Å². The van der Waals surface area contributed by atoms with Gasteiger partial charge in [-0.2, -0.15) is 5.26 Å². The highest BCUT2D eigenvalue weighted by atomic mass is 32.2. The summed E-state index contributed by atoms with van der Waals surface area (Å²) in [6.07, 6.45) is 1.26. The van der Waals surface area contributed by atoms with Crippen molar-refractivity contribution in [1.82, 2.24) is 4.90 Å². The molecule has 2 aliphatic rings. The second kappa shape index (κ2) is 6.15. The molecule has 0 radical (unpaired) electrons. The minimum absolute atomic E-state index is 0.0514.